The number of halogens is 2. The highest BCUT2D eigenvalue weighted by atomic mass is 79.9. The number of hydrogen-bond donors (Lipinski definition) is 0. The van der Waals surface area contributed by atoms with E-state index in [-0.39, 0.29) is 34.3 Å². The Kier molecular flexibility index (Phi) is 12.5. The first-order valence-corrected chi connectivity index (χ1v) is 19.6. The maximum absolute atomic E-state index is 6.72. The molecule has 0 amide bonds. The third kappa shape index (κ3) is 11.1. The molecule has 2 unspecified atom stereocenters. The molecule has 0 saturated heterocycles. The number of benzene rings is 4. The van der Waals surface area contributed by atoms with Crippen molar-refractivity contribution in [3.05, 3.63) is 98.4 Å². The Hall–Kier alpha value is -2.30. The van der Waals surface area contributed by atoms with Crippen LogP contribution < -0.4 is 22.8 Å². The fourth-order valence-corrected chi connectivity index (χ4v) is 6.72. The first-order valence-electron chi connectivity index (χ1n) is 16.4. The van der Waals surface area contributed by atoms with E-state index in [1.807, 2.05) is 48.5 Å². The van der Waals surface area contributed by atoms with Crippen LogP contribution in [0.3, 0.4) is 0 Å². The van der Waals surface area contributed by atoms with Crippen LogP contribution in [0.1, 0.15) is 99.8 Å². The summed E-state index contributed by atoms with van der Waals surface area (Å²) in [6.45, 7) is 26.1. The first-order chi connectivity index (χ1) is 22.6. The summed E-state index contributed by atoms with van der Waals surface area (Å²) in [6, 6.07) is 24.2. The van der Waals surface area contributed by atoms with Gasteiger partial charge in [0.05, 0.1) is 0 Å². The van der Waals surface area contributed by atoms with E-state index in [4.69, 9.17) is 22.8 Å². The van der Waals surface area contributed by atoms with Gasteiger partial charge in [-0.2, -0.15) is 0 Å². The van der Waals surface area contributed by atoms with Gasteiger partial charge in [-0.1, -0.05) is 100 Å². The summed E-state index contributed by atoms with van der Waals surface area (Å²) in [6.07, 6.45) is 0. The van der Waals surface area contributed by atoms with Crippen LogP contribution in [0, 0.1) is 0 Å². The Morgan fingerprint density at radius 3 is 1.24 bits per heavy atom. The van der Waals surface area contributed by atoms with Gasteiger partial charge in [0.25, 0.3) is 18.1 Å². The highest BCUT2D eigenvalue weighted by molar-refractivity contribution is 9.10. The van der Waals surface area contributed by atoms with Gasteiger partial charge in [-0.15, -0.1) is 0 Å². The lowest BCUT2D eigenvalue weighted by Gasteiger charge is -2.31. The standard InChI is InChI=1S/C40H50Br2O5P2/c1-37(2,3)25-21-31(35(33(22-25)38(4,5)6)46-48-44-28-17-13-26(41)14-18-28)32-23-30(43-40(10,11)12)24-34(39(7,8)9)36(32)47-49-45-29-19-15-27(42)16-20-29/h13-24,48-49H,1-12H3. The molecule has 0 aliphatic rings. The van der Waals surface area contributed by atoms with E-state index in [0.29, 0.717) is 0 Å². The molecule has 9 heteroatoms. The average Bonchev–Trinajstić information content (AvgIpc) is 2.97. The predicted octanol–water partition coefficient (Wildman–Crippen LogP) is 13.9. The fraction of sp³-hybridized carbons (Fsp3) is 0.400. The third-order valence-electron chi connectivity index (χ3n) is 7.58. The van der Waals surface area contributed by atoms with Crippen LogP contribution in [0.5, 0.6) is 28.7 Å². The normalized spacial score (nSPS) is 12.9. The van der Waals surface area contributed by atoms with Crippen molar-refractivity contribution in [1.29, 1.82) is 0 Å². The van der Waals surface area contributed by atoms with Crippen LogP contribution in [0.2, 0.25) is 0 Å². The van der Waals surface area contributed by atoms with Crippen molar-refractivity contribution in [2.75, 3.05) is 0 Å². The summed E-state index contributed by atoms with van der Waals surface area (Å²) in [4.78, 5) is 0. The monoisotopic (exact) mass is 830 g/mol. The van der Waals surface area contributed by atoms with E-state index in [2.05, 4.69) is 139 Å². The maximum atomic E-state index is 6.72. The van der Waals surface area contributed by atoms with Crippen LogP contribution in [0.4, 0.5) is 0 Å². The molecule has 0 heterocycles. The molecule has 0 aliphatic carbocycles. The van der Waals surface area contributed by atoms with E-state index in [1.54, 1.807) is 0 Å². The van der Waals surface area contributed by atoms with Gasteiger partial charge in [0.1, 0.15) is 34.3 Å². The van der Waals surface area contributed by atoms with E-state index in [9.17, 15) is 0 Å². The fourth-order valence-electron chi connectivity index (χ4n) is 5.04. The molecular weight excluding hydrogens is 782 g/mol. The van der Waals surface area contributed by atoms with Crippen LogP contribution in [-0.2, 0) is 16.2 Å². The minimum atomic E-state index is -0.412. The molecule has 4 aromatic rings. The number of rotatable bonds is 10. The van der Waals surface area contributed by atoms with Crippen LogP contribution >= 0.6 is 49.9 Å². The summed E-state index contributed by atoms with van der Waals surface area (Å²) in [5, 5.41) is 0. The zero-order valence-electron chi connectivity index (χ0n) is 30.7. The zero-order chi connectivity index (χ0) is 36.4. The molecule has 264 valence electrons. The van der Waals surface area contributed by atoms with Gasteiger partial charge in [-0.05, 0) is 109 Å². The summed E-state index contributed by atoms with van der Waals surface area (Å²) in [5.41, 5.74) is 3.99. The second-order valence-electron chi connectivity index (χ2n) is 16.2. The van der Waals surface area contributed by atoms with E-state index < -0.39 is 5.60 Å². The summed E-state index contributed by atoms with van der Waals surface area (Å²) < 4.78 is 34.3. The maximum Gasteiger partial charge on any atom is 0.275 e. The largest absolute Gasteiger partial charge is 0.488 e. The zero-order valence-corrected chi connectivity index (χ0v) is 35.9. The minimum Gasteiger partial charge on any atom is -0.488 e. The van der Waals surface area contributed by atoms with Gasteiger partial charge < -0.3 is 22.8 Å². The van der Waals surface area contributed by atoms with E-state index in [0.717, 1.165) is 59.9 Å². The van der Waals surface area contributed by atoms with Crippen molar-refractivity contribution in [3.8, 4) is 39.9 Å². The Morgan fingerprint density at radius 1 is 0.449 bits per heavy atom. The Labute approximate surface area is 314 Å². The molecule has 0 aromatic heterocycles. The minimum absolute atomic E-state index is 0.136. The van der Waals surface area contributed by atoms with Gasteiger partial charge in [-0.3, -0.25) is 0 Å². The third-order valence-corrected chi connectivity index (χ3v) is 9.85. The predicted molar refractivity (Wildman–Crippen MR) is 216 cm³/mol. The molecule has 0 aliphatic heterocycles. The van der Waals surface area contributed by atoms with Crippen molar-refractivity contribution < 1.29 is 22.8 Å². The highest BCUT2D eigenvalue weighted by Gasteiger charge is 2.31. The molecule has 4 rings (SSSR count). The lowest BCUT2D eigenvalue weighted by atomic mass is 9.77. The second kappa shape index (κ2) is 15.5. The van der Waals surface area contributed by atoms with Crippen LogP contribution in [0.15, 0.2) is 81.7 Å². The molecule has 0 spiro atoms. The summed E-state index contributed by atoms with van der Waals surface area (Å²) in [5.74, 6) is 3.71. The molecule has 0 saturated carbocycles. The van der Waals surface area contributed by atoms with Crippen molar-refractivity contribution in [2.24, 2.45) is 0 Å². The molecule has 0 bridgehead atoms. The topological polar surface area (TPSA) is 46.2 Å². The van der Waals surface area contributed by atoms with Crippen molar-refractivity contribution in [3.63, 3.8) is 0 Å². The van der Waals surface area contributed by atoms with E-state index in [1.165, 1.54) is 5.56 Å². The van der Waals surface area contributed by atoms with Crippen molar-refractivity contribution >= 4 is 49.9 Å². The molecular formula is C40H50Br2O5P2. The Balaban J connectivity index is 1.97. The Morgan fingerprint density at radius 2 is 0.857 bits per heavy atom. The summed E-state index contributed by atoms with van der Waals surface area (Å²) in [7, 11) is -0.564. The van der Waals surface area contributed by atoms with Gasteiger partial charge in [0.15, 0.2) is 0 Å². The smallest absolute Gasteiger partial charge is 0.275 e. The van der Waals surface area contributed by atoms with Crippen molar-refractivity contribution in [2.45, 2.75) is 105 Å². The van der Waals surface area contributed by atoms with Crippen LogP contribution in [0.25, 0.3) is 11.1 Å². The molecule has 0 fully saturated rings. The van der Waals surface area contributed by atoms with Gasteiger partial charge in [0, 0.05) is 31.2 Å². The van der Waals surface area contributed by atoms with Crippen LogP contribution in [-0.4, -0.2) is 5.60 Å². The molecule has 49 heavy (non-hydrogen) atoms. The molecule has 5 nitrogen and oxygen atoms in total. The second-order valence-corrected chi connectivity index (χ2v) is 19.2. The van der Waals surface area contributed by atoms with Gasteiger partial charge in [-0.25, -0.2) is 0 Å². The SMILES string of the molecule is CC(C)(C)Oc1cc(-c2cc(C(C)(C)C)cc(C(C)(C)C)c2OPOc2ccc(Br)cc2)c(OPOc2ccc(Br)cc2)c(C(C)(C)C)c1. The Bertz CT molecular complexity index is 1730. The quantitative estimate of drug-likeness (QED) is 0.149. The lowest BCUT2D eigenvalue weighted by molar-refractivity contribution is 0.130. The number of ether oxygens (including phenoxy) is 1. The molecule has 2 atom stereocenters. The molecule has 0 N–H and O–H groups in total. The van der Waals surface area contributed by atoms with Gasteiger partial charge in [0.2, 0.25) is 0 Å². The lowest BCUT2D eigenvalue weighted by Crippen LogP contribution is -2.23. The molecule has 4 aromatic carbocycles. The van der Waals surface area contributed by atoms with Gasteiger partial charge >= 0.3 is 0 Å². The average molecular weight is 833 g/mol. The highest BCUT2D eigenvalue weighted by Crippen LogP contribution is 2.51. The number of hydrogen-bond acceptors (Lipinski definition) is 5. The molecule has 0 radical (unpaired) electrons. The van der Waals surface area contributed by atoms with Crippen molar-refractivity contribution in [1.82, 2.24) is 0 Å². The van der Waals surface area contributed by atoms with E-state index >= 15 is 0 Å². The first kappa shape index (κ1) is 39.5. The summed E-state index contributed by atoms with van der Waals surface area (Å²) >= 11 is 7.01.